The lowest BCUT2D eigenvalue weighted by molar-refractivity contribution is 0.0469. The number of benzene rings is 1. The van der Waals surface area contributed by atoms with Gasteiger partial charge in [0.25, 0.3) is 0 Å². The van der Waals surface area contributed by atoms with Crippen LogP contribution in [0.2, 0.25) is 0 Å². The average Bonchev–Trinajstić information content (AvgIpc) is 2.99. The van der Waals surface area contributed by atoms with Gasteiger partial charge in [-0.1, -0.05) is 0 Å². The van der Waals surface area contributed by atoms with Gasteiger partial charge in [-0.2, -0.15) is 0 Å². The number of aromatic hydroxyl groups is 1. The Morgan fingerprint density at radius 2 is 2.17 bits per heavy atom. The quantitative estimate of drug-likeness (QED) is 0.696. The van der Waals surface area contributed by atoms with Crippen LogP contribution in [0.4, 0.5) is 0 Å². The molecule has 3 aromatic rings. The summed E-state index contributed by atoms with van der Waals surface area (Å²) in [7, 11) is 1.60. The molecule has 24 heavy (non-hydrogen) atoms. The summed E-state index contributed by atoms with van der Waals surface area (Å²) >= 11 is 0. The second kappa shape index (κ2) is 6.49. The first kappa shape index (κ1) is 15.7. The summed E-state index contributed by atoms with van der Waals surface area (Å²) in [6.07, 6.45) is 3.14. The molecule has 0 fully saturated rings. The lowest BCUT2D eigenvalue weighted by Crippen LogP contribution is -2.11. The van der Waals surface area contributed by atoms with Gasteiger partial charge in [0.05, 0.1) is 13.7 Å². The van der Waals surface area contributed by atoms with Crippen molar-refractivity contribution in [2.45, 2.75) is 6.42 Å². The molecule has 0 aliphatic heterocycles. The van der Waals surface area contributed by atoms with Crippen LogP contribution < -0.4 is 10.2 Å². The van der Waals surface area contributed by atoms with Gasteiger partial charge in [-0.25, -0.2) is 4.79 Å². The molecule has 3 rings (SSSR count). The van der Waals surface area contributed by atoms with Gasteiger partial charge in [-0.05, 0) is 23.8 Å². The van der Waals surface area contributed by atoms with Crippen molar-refractivity contribution in [2.75, 3.05) is 13.7 Å². The highest BCUT2D eigenvalue weighted by Crippen LogP contribution is 2.24. The van der Waals surface area contributed by atoms with Crippen LogP contribution in [0.15, 0.2) is 45.9 Å². The lowest BCUT2D eigenvalue weighted by Gasteiger charge is -2.04. The van der Waals surface area contributed by atoms with Crippen molar-refractivity contribution >= 4 is 16.9 Å². The molecule has 0 aliphatic rings. The van der Waals surface area contributed by atoms with E-state index in [0.29, 0.717) is 6.42 Å². The zero-order chi connectivity index (χ0) is 17.1. The predicted molar refractivity (Wildman–Crippen MR) is 85.5 cm³/mol. The maximum absolute atomic E-state index is 11.8. The Labute approximate surface area is 136 Å². The minimum absolute atomic E-state index is 0.119. The number of H-pyrrole nitrogens is 1. The van der Waals surface area contributed by atoms with Gasteiger partial charge in [-0.3, -0.25) is 4.79 Å². The molecular weight excluding hydrogens is 314 g/mol. The fourth-order valence-corrected chi connectivity index (χ4v) is 2.33. The van der Waals surface area contributed by atoms with Crippen molar-refractivity contribution in [1.82, 2.24) is 4.98 Å². The Kier molecular flexibility index (Phi) is 4.24. The maximum atomic E-state index is 11.8. The van der Waals surface area contributed by atoms with Gasteiger partial charge in [0, 0.05) is 29.6 Å². The zero-order valence-corrected chi connectivity index (χ0v) is 12.9. The third kappa shape index (κ3) is 3.10. The minimum atomic E-state index is -0.760. The van der Waals surface area contributed by atoms with Gasteiger partial charge in [0.15, 0.2) is 5.75 Å². The van der Waals surface area contributed by atoms with Crippen LogP contribution >= 0.6 is 0 Å². The van der Waals surface area contributed by atoms with Crippen molar-refractivity contribution in [3.8, 4) is 11.5 Å². The number of rotatable bonds is 5. The highest BCUT2D eigenvalue weighted by atomic mass is 16.5. The second-order valence-electron chi connectivity index (χ2n) is 5.11. The van der Waals surface area contributed by atoms with Crippen LogP contribution in [-0.4, -0.2) is 29.8 Å². The van der Waals surface area contributed by atoms with Crippen LogP contribution in [0.3, 0.4) is 0 Å². The van der Waals surface area contributed by atoms with E-state index in [1.54, 1.807) is 7.11 Å². The molecule has 1 aromatic carbocycles. The highest BCUT2D eigenvalue weighted by molar-refractivity contribution is 5.86. The largest absolute Gasteiger partial charge is 0.502 e. The Balaban J connectivity index is 1.67. The molecule has 0 aliphatic carbocycles. The van der Waals surface area contributed by atoms with Crippen molar-refractivity contribution in [1.29, 1.82) is 0 Å². The van der Waals surface area contributed by atoms with Gasteiger partial charge < -0.3 is 24.0 Å². The molecule has 0 radical (unpaired) electrons. The predicted octanol–water partition coefficient (Wildman–Crippen LogP) is 2.23. The second-order valence-corrected chi connectivity index (χ2v) is 5.11. The molecule has 0 atom stereocenters. The molecule has 2 N–H and O–H groups in total. The van der Waals surface area contributed by atoms with E-state index >= 15 is 0 Å². The van der Waals surface area contributed by atoms with Gasteiger partial charge in [0.2, 0.25) is 11.2 Å². The normalized spacial score (nSPS) is 10.7. The number of aromatic amines is 1. The van der Waals surface area contributed by atoms with E-state index in [1.165, 1.54) is 0 Å². The number of carbonyl (C=O) groups excluding carboxylic acids is 1. The molecule has 0 saturated heterocycles. The number of fused-ring (bicyclic) bond motifs is 1. The number of hydrogen-bond donors (Lipinski definition) is 2. The standard InChI is InChI=1S/C17H15NO6/c1-22-11-2-3-13-12(6-11)10(8-18-13)4-5-23-17(21)16-7-14(19)15(20)9-24-16/h2-3,6-9,18,20H,4-5H2,1H3. The number of ether oxygens (including phenoxy) is 2. The molecule has 0 saturated carbocycles. The molecule has 2 aromatic heterocycles. The first-order chi connectivity index (χ1) is 11.6. The molecule has 0 spiro atoms. The van der Waals surface area contributed by atoms with E-state index in [-0.39, 0.29) is 12.4 Å². The Morgan fingerprint density at radius 3 is 2.92 bits per heavy atom. The number of aromatic nitrogens is 1. The SMILES string of the molecule is COc1ccc2[nH]cc(CCOC(=O)c3cc(=O)c(O)co3)c2c1. The fourth-order valence-electron chi connectivity index (χ4n) is 2.33. The fraction of sp³-hybridized carbons (Fsp3) is 0.176. The number of hydrogen-bond acceptors (Lipinski definition) is 6. The summed E-state index contributed by atoms with van der Waals surface area (Å²) in [5.74, 6) is -0.826. The van der Waals surface area contributed by atoms with E-state index in [2.05, 4.69) is 4.98 Å². The zero-order valence-electron chi connectivity index (χ0n) is 12.9. The van der Waals surface area contributed by atoms with E-state index in [0.717, 1.165) is 34.5 Å². The summed E-state index contributed by atoms with van der Waals surface area (Å²) in [4.78, 5) is 26.3. The molecule has 2 heterocycles. The molecule has 7 heteroatoms. The third-order valence-corrected chi connectivity index (χ3v) is 3.59. The van der Waals surface area contributed by atoms with Crippen LogP contribution in [0.25, 0.3) is 10.9 Å². The average molecular weight is 329 g/mol. The summed E-state index contributed by atoms with van der Waals surface area (Å²) in [6, 6.07) is 6.57. The number of carbonyl (C=O) groups is 1. The first-order valence-electron chi connectivity index (χ1n) is 7.21. The third-order valence-electron chi connectivity index (χ3n) is 3.59. The number of nitrogens with one attached hydrogen (secondary N) is 1. The van der Waals surface area contributed by atoms with E-state index in [9.17, 15) is 9.59 Å². The molecule has 0 amide bonds. The van der Waals surface area contributed by atoms with E-state index in [1.807, 2.05) is 24.4 Å². The summed E-state index contributed by atoms with van der Waals surface area (Å²) in [5.41, 5.74) is 1.24. The Hall–Kier alpha value is -3.22. The number of methoxy groups -OCH3 is 1. The van der Waals surface area contributed by atoms with Crippen molar-refractivity contribution in [2.24, 2.45) is 0 Å². The van der Waals surface area contributed by atoms with E-state index in [4.69, 9.17) is 19.0 Å². The van der Waals surface area contributed by atoms with Crippen LogP contribution in [0.1, 0.15) is 16.1 Å². The van der Waals surface area contributed by atoms with Crippen molar-refractivity contribution < 1.29 is 23.8 Å². The van der Waals surface area contributed by atoms with Crippen LogP contribution in [0, 0.1) is 0 Å². The molecule has 124 valence electrons. The first-order valence-corrected chi connectivity index (χ1v) is 7.21. The van der Waals surface area contributed by atoms with Crippen LogP contribution in [-0.2, 0) is 11.2 Å². The summed E-state index contributed by atoms with van der Waals surface area (Å²) < 4.78 is 15.2. The molecule has 0 bridgehead atoms. The minimum Gasteiger partial charge on any atom is -0.502 e. The van der Waals surface area contributed by atoms with Gasteiger partial charge >= 0.3 is 5.97 Å². The lowest BCUT2D eigenvalue weighted by atomic mass is 10.1. The Morgan fingerprint density at radius 1 is 1.33 bits per heavy atom. The molecular formula is C17H15NO6. The van der Waals surface area contributed by atoms with Crippen molar-refractivity contribution in [3.63, 3.8) is 0 Å². The monoisotopic (exact) mass is 329 g/mol. The maximum Gasteiger partial charge on any atom is 0.374 e. The molecule has 0 unspecified atom stereocenters. The smallest absolute Gasteiger partial charge is 0.374 e. The Bertz CT molecular complexity index is 940. The summed E-state index contributed by atoms with van der Waals surface area (Å²) in [6.45, 7) is 0.119. The highest BCUT2D eigenvalue weighted by Gasteiger charge is 2.13. The molecule has 7 nitrogen and oxygen atoms in total. The number of esters is 1. The van der Waals surface area contributed by atoms with Crippen LogP contribution in [0.5, 0.6) is 11.5 Å². The van der Waals surface area contributed by atoms with Crippen molar-refractivity contribution in [3.05, 3.63) is 58.3 Å². The van der Waals surface area contributed by atoms with Gasteiger partial charge in [-0.15, -0.1) is 0 Å². The van der Waals surface area contributed by atoms with E-state index < -0.39 is 17.1 Å². The topological polar surface area (TPSA) is 102 Å². The van der Waals surface area contributed by atoms with Gasteiger partial charge in [0.1, 0.15) is 12.0 Å². The summed E-state index contributed by atoms with van der Waals surface area (Å²) in [5, 5.41) is 10.1.